The Labute approximate surface area is 123 Å². The Morgan fingerprint density at radius 2 is 1.90 bits per heavy atom. The van der Waals surface area contributed by atoms with Crippen molar-refractivity contribution < 1.29 is 4.74 Å². The zero-order valence-electron chi connectivity index (χ0n) is 13.4. The zero-order chi connectivity index (χ0) is 14.7. The number of nitrogens with zero attached hydrogens (tertiary/aromatic N) is 1. The lowest BCUT2D eigenvalue weighted by molar-refractivity contribution is 0.116. The number of piperidine rings is 1. The third-order valence-corrected chi connectivity index (χ3v) is 4.69. The van der Waals surface area contributed by atoms with Gasteiger partial charge in [0.2, 0.25) is 0 Å². The molecule has 1 N–H and O–H groups in total. The molecule has 3 nitrogen and oxygen atoms in total. The summed E-state index contributed by atoms with van der Waals surface area (Å²) in [7, 11) is 3.93. The molecule has 1 fully saturated rings. The first-order valence-corrected chi connectivity index (χ1v) is 7.61. The lowest BCUT2D eigenvalue weighted by Crippen LogP contribution is -2.51. The van der Waals surface area contributed by atoms with E-state index in [2.05, 4.69) is 50.2 Å². The predicted octanol–water partition coefficient (Wildman–Crippen LogP) is 3.07. The molecule has 3 heteroatoms. The molecule has 0 bridgehead atoms. The fourth-order valence-electron chi connectivity index (χ4n) is 3.08. The number of hydrogen-bond acceptors (Lipinski definition) is 3. The van der Waals surface area contributed by atoms with Crippen molar-refractivity contribution in [1.82, 2.24) is 10.2 Å². The van der Waals surface area contributed by atoms with Gasteiger partial charge in [-0.25, -0.2) is 0 Å². The number of rotatable bonds is 4. The van der Waals surface area contributed by atoms with Crippen LogP contribution in [0.15, 0.2) is 24.3 Å². The van der Waals surface area contributed by atoms with Gasteiger partial charge in [0.15, 0.2) is 0 Å². The average Bonchev–Trinajstić information content (AvgIpc) is 2.44. The van der Waals surface area contributed by atoms with Crippen molar-refractivity contribution in [3.05, 3.63) is 29.8 Å². The molecule has 1 heterocycles. The number of likely N-dealkylation sites (tertiary alicyclic amines) is 1. The first-order valence-electron chi connectivity index (χ1n) is 7.61. The smallest absolute Gasteiger partial charge is 0.118 e. The SMILES string of the molecule is COc1ccc([C@@H](C)NC2CC(C)N(C)CC2C)cc1. The van der Waals surface area contributed by atoms with Gasteiger partial charge in [-0.2, -0.15) is 0 Å². The molecule has 0 spiro atoms. The molecule has 0 saturated carbocycles. The van der Waals surface area contributed by atoms with Gasteiger partial charge in [-0.1, -0.05) is 19.1 Å². The first kappa shape index (κ1) is 15.3. The van der Waals surface area contributed by atoms with Crippen molar-refractivity contribution in [2.45, 2.75) is 45.3 Å². The molecule has 1 aromatic carbocycles. The van der Waals surface area contributed by atoms with Gasteiger partial charge in [0.25, 0.3) is 0 Å². The number of ether oxygens (including phenoxy) is 1. The summed E-state index contributed by atoms with van der Waals surface area (Å²) < 4.78 is 5.22. The summed E-state index contributed by atoms with van der Waals surface area (Å²) in [5.74, 6) is 1.61. The highest BCUT2D eigenvalue weighted by molar-refractivity contribution is 5.28. The van der Waals surface area contributed by atoms with Crippen molar-refractivity contribution in [2.24, 2.45) is 5.92 Å². The van der Waals surface area contributed by atoms with E-state index in [9.17, 15) is 0 Å². The summed E-state index contributed by atoms with van der Waals surface area (Å²) >= 11 is 0. The topological polar surface area (TPSA) is 24.5 Å². The summed E-state index contributed by atoms with van der Waals surface area (Å²) in [4.78, 5) is 2.46. The Kier molecular flexibility index (Phi) is 5.06. The van der Waals surface area contributed by atoms with Crippen LogP contribution in [-0.2, 0) is 0 Å². The average molecular weight is 276 g/mol. The van der Waals surface area contributed by atoms with Gasteiger partial charge in [-0.15, -0.1) is 0 Å². The minimum absolute atomic E-state index is 0.379. The van der Waals surface area contributed by atoms with Gasteiger partial charge in [0, 0.05) is 24.7 Å². The van der Waals surface area contributed by atoms with Crippen LogP contribution in [0.4, 0.5) is 0 Å². The molecule has 1 aromatic rings. The van der Waals surface area contributed by atoms with E-state index in [0.717, 1.165) is 5.75 Å². The molecule has 0 radical (unpaired) electrons. The fourth-order valence-corrected chi connectivity index (χ4v) is 3.08. The predicted molar refractivity (Wildman–Crippen MR) is 84.2 cm³/mol. The minimum Gasteiger partial charge on any atom is -0.497 e. The second-order valence-corrected chi connectivity index (χ2v) is 6.27. The van der Waals surface area contributed by atoms with Crippen LogP contribution in [0.1, 0.15) is 38.8 Å². The van der Waals surface area contributed by atoms with Crippen molar-refractivity contribution in [3.63, 3.8) is 0 Å². The maximum absolute atomic E-state index is 5.22. The zero-order valence-corrected chi connectivity index (χ0v) is 13.4. The van der Waals surface area contributed by atoms with E-state index in [4.69, 9.17) is 4.74 Å². The van der Waals surface area contributed by atoms with Crippen molar-refractivity contribution in [1.29, 1.82) is 0 Å². The lowest BCUT2D eigenvalue weighted by atomic mass is 9.89. The van der Waals surface area contributed by atoms with Gasteiger partial charge in [0.1, 0.15) is 5.75 Å². The highest BCUT2D eigenvalue weighted by Crippen LogP contribution is 2.24. The molecule has 1 saturated heterocycles. The molecular weight excluding hydrogens is 248 g/mol. The van der Waals surface area contributed by atoms with Crippen molar-refractivity contribution in [2.75, 3.05) is 20.7 Å². The van der Waals surface area contributed by atoms with Gasteiger partial charge in [-0.05, 0) is 50.9 Å². The molecule has 20 heavy (non-hydrogen) atoms. The number of hydrogen-bond donors (Lipinski definition) is 1. The Morgan fingerprint density at radius 1 is 1.25 bits per heavy atom. The first-order chi connectivity index (χ1) is 9.51. The molecular formula is C17H28N2O. The van der Waals surface area contributed by atoms with Crippen LogP contribution in [0.5, 0.6) is 5.75 Å². The Morgan fingerprint density at radius 3 is 2.50 bits per heavy atom. The van der Waals surface area contributed by atoms with E-state index >= 15 is 0 Å². The third kappa shape index (κ3) is 3.53. The lowest BCUT2D eigenvalue weighted by Gasteiger charge is -2.41. The summed E-state index contributed by atoms with van der Waals surface area (Å²) in [6, 6.07) is 10.0. The van der Waals surface area contributed by atoms with Crippen LogP contribution in [0.25, 0.3) is 0 Å². The van der Waals surface area contributed by atoms with Gasteiger partial charge >= 0.3 is 0 Å². The highest BCUT2D eigenvalue weighted by Gasteiger charge is 2.29. The molecule has 0 aliphatic carbocycles. The quantitative estimate of drug-likeness (QED) is 0.914. The summed E-state index contributed by atoms with van der Waals surface area (Å²) in [6.07, 6.45) is 1.22. The van der Waals surface area contributed by atoms with Crippen molar-refractivity contribution in [3.8, 4) is 5.75 Å². The molecule has 0 aromatic heterocycles. The summed E-state index contributed by atoms with van der Waals surface area (Å²) in [6.45, 7) is 8.09. The van der Waals surface area contributed by atoms with Gasteiger partial charge in [0.05, 0.1) is 7.11 Å². The molecule has 3 unspecified atom stereocenters. The molecule has 112 valence electrons. The largest absolute Gasteiger partial charge is 0.497 e. The highest BCUT2D eigenvalue weighted by atomic mass is 16.5. The summed E-state index contributed by atoms with van der Waals surface area (Å²) in [5, 5.41) is 3.81. The van der Waals surface area contributed by atoms with Crippen molar-refractivity contribution >= 4 is 0 Å². The van der Waals surface area contributed by atoms with Crippen LogP contribution in [-0.4, -0.2) is 37.7 Å². The molecule has 1 aliphatic rings. The van der Waals surface area contributed by atoms with E-state index in [1.54, 1.807) is 7.11 Å². The number of benzene rings is 1. The van der Waals surface area contributed by atoms with Gasteiger partial charge in [-0.3, -0.25) is 0 Å². The maximum atomic E-state index is 5.22. The van der Waals surface area contributed by atoms with E-state index in [0.29, 0.717) is 24.0 Å². The summed E-state index contributed by atoms with van der Waals surface area (Å²) in [5.41, 5.74) is 1.32. The van der Waals surface area contributed by atoms with E-state index in [1.807, 2.05) is 12.1 Å². The minimum atomic E-state index is 0.379. The van der Waals surface area contributed by atoms with Crippen LogP contribution in [0, 0.1) is 5.92 Å². The molecule has 1 aliphatic heterocycles. The van der Waals surface area contributed by atoms with E-state index < -0.39 is 0 Å². The number of nitrogens with one attached hydrogen (secondary N) is 1. The molecule has 4 atom stereocenters. The molecule has 2 rings (SSSR count). The van der Waals surface area contributed by atoms with Crippen LogP contribution >= 0.6 is 0 Å². The normalized spacial score (nSPS) is 29.1. The second-order valence-electron chi connectivity index (χ2n) is 6.27. The molecule has 0 amide bonds. The monoisotopic (exact) mass is 276 g/mol. The van der Waals surface area contributed by atoms with Crippen LogP contribution in [0.3, 0.4) is 0 Å². The van der Waals surface area contributed by atoms with Crippen LogP contribution in [0.2, 0.25) is 0 Å². The second kappa shape index (κ2) is 6.59. The number of methoxy groups -OCH3 is 1. The Bertz CT molecular complexity index is 418. The van der Waals surface area contributed by atoms with Gasteiger partial charge < -0.3 is 15.0 Å². The Hall–Kier alpha value is -1.06. The standard InChI is InChI=1S/C17H28N2O/c1-12-11-19(4)13(2)10-17(12)18-14(3)15-6-8-16(20-5)9-7-15/h6-9,12-14,17-18H,10-11H2,1-5H3/t12?,13?,14-,17?/m1/s1. The maximum Gasteiger partial charge on any atom is 0.118 e. The van der Waals surface area contributed by atoms with E-state index in [1.165, 1.54) is 18.5 Å². The fraction of sp³-hybridized carbons (Fsp3) is 0.647. The van der Waals surface area contributed by atoms with Crippen LogP contribution < -0.4 is 10.1 Å². The Balaban J connectivity index is 1.97. The van der Waals surface area contributed by atoms with E-state index in [-0.39, 0.29) is 0 Å². The third-order valence-electron chi connectivity index (χ3n) is 4.69.